The number of rotatable bonds is 6. The lowest BCUT2D eigenvalue weighted by Crippen LogP contribution is -2.29. The third kappa shape index (κ3) is 3.96. The average Bonchev–Trinajstić information content (AvgIpc) is 2.52. The summed E-state index contributed by atoms with van der Waals surface area (Å²) in [5, 5.41) is 0. The van der Waals surface area contributed by atoms with Crippen LogP contribution in [0.2, 0.25) is 0 Å². The maximum absolute atomic E-state index is 11.4. The highest BCUT2D eigenvalue weighted by Gasteiger charge is 2.04. The van der Waals surface area contributed by atoms with Gasteiger partial charge in [0.15, 0.2) is 0 Å². The van der Waals surface area contributed by atoms with Crippen LogP contribution in [-0.4, -0.2) is 24.1 Å². The zero-order valence-corrected chi connectivity index (χ0v) is 10.8. The predicted octanol–water partition coefficient (Wildman–Crippen LogP) is 1.14. The van der Waals surface area contributed by atoms with Gasteiger partial charge < -0.3 is 9.47 Å². The van der Waals surface area contributed by atoms with E-state index in [1.807, 2.05) is 6.07 Å². The molecule has 2 rings (SSSR count). The van der Waals surface area contributed by atoms with Gasteiger partial charge in [0.25, 0.3) is 5.91 Å². The Morgan fingerprint density at radius 1 is 1.15 bits per heavy atom. The predicted molar refractivity (Wildman–Crippen MR) is 73.3 cm³/mol. The summed E-state index contributed by atoms with van der Waals surface area (Å²) in [4.78, 5) is 15.3. The Morgan fingerprint density at radius 2 is 1.90 bits per heavy atom. The third-order valence-electron chi connectivity index (χ3n) is 2.48. The molecule has 0 spiro atoms. The Bertz CT molecular complexity index is 561. The summed E-state index contributed by atoms with van der Waals surface area (Å²) >= 11 is 0. The number of hydrogen-bond acceptors (Lipinski definition) is 5. The van der Waals surface area contributed by atoms with Crippen molar-refractivity contribution in [3.05, 3.63) is 54.4 Å². The van der Waals surface area contributed by atoms with E-state index in [9.17, 15) is 4.79 Å². The molecular weight excluding hydrogens is 258 g/mol. The molecule has 6 heteroatoms. The van der Waals surface area contributed by atoms with Crippen LogP contribution in [0.15, 0.2) is 48.8 Å². The molecule has 0 saturated heterocycles. The van der Waals surface area contributed by atoms with Gasteiger partial charge in [0.2, 0.25) is 0 Å². The van der Waals surface area contributed by atoms with Gasteiger partial charge in [-0.25, -0.2) is 5.84 Å². The molecule has 0 saturated carbocycles. The van der Waals surface area contributed by atoms with Crippen molar-refractivity contribution in [3.8, 4) is 11.5 Å². The molecule has 1 amide bonds. The van der Waals surface area contributed by atoms with E-state index in [0.717, 1.165) is 0 Å². The number of pyridine rings is 1. The fraction of sp³-hybridized carbons (Fsp3) is 0.143. The van der Waals surface area contributed by atoms with E-state index in [4.69, 9.17) is 15.3 Å². The minimum atomic E-state index is -0.359. The molecule has 0 unspecified atom stereocenters. The van der Waals surface area contributed by atoms with Crippen LogP contribution in [0, 0.1) is 0 Å². The van der Waals surface area contributed by atoms with Crippen molar-refractivity contribution in [3.63, 3.8) is 0 Å². The normalized spacial score (nSPS) is 9.85. The van der Waals surface area contributed by atoms with Gasteiger partial charge >= 0.3 is 0 Å². The lowest BCUT2D eigenvalue weighted by atomic mass is 10.2. The summed E-state index contributed by atoms with van der Waals surface area (Å²) in [7, 11) is 0. The second kappa shape index (κ2) is 7.10. The number of ether oxygens (including phenoxy) is 2. The van der Waals surface area contributed by atoms with Crippen molar-refractivity contribution in [2.24, 2.45) is 5.84 Å². The highest BCUT2D eigenvalue weighted by atomic mass is 16.5. The second-order valence-corrected chi connectivity index (χ2v) is 3.89. The zero-order valence-electron chi connectivity index (χ0n) is 10.8. The summed E-state index contributed by atoms with van der Waals surface area (Å²) in [6.07, 6.45) is 3.31. The van der Waals surface area contributed by atoms with Crippen LogP contribution in [0.3, 0.4) is 0 Å². The van der Waals surface area contributed by atoms with Crippen molar-refractivity contribution >= 4 is 5.91 Å². The van der Waals surface area contributed by atoms with Gasteiger partial charge in [-0.1, -0.05) is 6.07 Å². The number of amides is 1. The molecule has 20 heavy (non-hydrogen) atoms. The van der Waals surface area contributed by atoms with E-state index >= 15 is 0 Å². The first kappa shape index (κ1) is 13.8. The van der Waals surface area contributed by atoms with Gasteiger partial charge in [0.05, 0.1) is 6.20 Å². The summed E-state index contributed by atoms with van der Waals surface area (Å²) < 4.78 is 10.9. The molecule has 0 aliphatic rings. The number of carbonyl (C=O) groups is 1. The summed E-state index contributed by atoms with van der Waals surface area (Å²) in [5.41, 5.74) is 2.51. The van der Waals surface area contributed by atoms with E-state index in [1.165, 1.54) is 0 Å². The topological polar surface area (TPSA) is 86.5 Å². The summed E-state index contributed by atoms with van der Waals surface area (Å²) in [6, 6.07) is 10.4. The number of nitrogens with two attached hydrogens (primary N) is 1. The zero-order chi connectivity index (χ0) is 14.2. The summed E-state index contributed by atoms with van der Waals surface area (Å²) in [5.74, 6) is 5.99. The Hall–Kier alpha value is -2.60. The van der Waals surface area contributed by atoms with E-state index in [-0.39, 0.29) is 5.91 Å². The number of hydrogen-bond donors (Lipinski definition) is 2. The van der Waals surface area contributed by atoms with Gasteiger partial charge in [-0.3, -0.25) is 15.2 Å². The molecule has 0 radical (unpaired) electrons. The van der Waals surface area contributed by atoms with Crippen LogP contribution in [0.1, 0.15) is 10.4 Å². The molecule has 1 aromatic carbocycles. The highest BCUT2D eigenvalue weighted by Crippen LogP contribution is 2.13. The number of nitrogens with one attached hydrogen (secondary N) is 1. The SMILES string of the molecule is NNC(=O)c1cccc(OCCOc2cccnc2)c1. The number of carbonyl (C=O) groups excluding carboxylic acids is 1. The fourth-order valence-electron chi connectivity index (χ4n) is 1.56. The first-order valence-corrected chi connectivity index (χ1v) is 6.06. The fourth-order valence-corrected chi connectivity index (χ4v) is 1.56. The van der Waals surface area contributed by atoms with Crippen LogP contribution in [0.4, 0.5) is 0 Å². The number of hydrazine groups is 1. The largest absolute Gasteiger partial charge is 0.490 e. The monoisotopic (exact) mass is 273 g/mol. The second-order valence-electron chi connectivity index (χ2n) is 3.89. The van der Waals surface area contributed by atoms with Gasteiger partial charge in [0.1, 0.15) is 24.7 Å². The smallest absolute Gasteiger partial charge is 0.265 e. The maximum atomic E-state index is 11.4. The Balaban J connectivity index is 1.81. The molecule has 6 nitrogen and oxygen atoms in total. The molecule has 0 bridgehead atoms. The van der Waals surface area contributed by atoms with E-state index in [0.29, 0.717) is 30.3 Å². The minimum Gasteiger partial charge on any atom is -0.490 e. The van der Waals surface area contributed by atoms with Crippen LogP contribution < -0.4 is 20.7 Å². The quantitative estimate of drug-likeness (QED) is 0.357. The number of nitrogens with zero attached hydrogens (tertiary/aromatic N) is 1. The van der Waals surface area contributed by atoms with E-state index in [1.54, 1.807) is 42.7 Å². The van der Waals surface area contributed by atoms with Gasteiger partial charge in [-0.15, -0.1) is 0 Å². The van der Waals surface area contributed by atoms with Gasteiger partial charge in [-0.05, 0) is 30.3 Å². The van der Waals surface area contributed by atoms with Crippen LogP contribution in [0.5, 0.6) is 11.5 Å². The molecule has 3 N–H and O–H groups in total. The molecule has 0 fully saturated rings. The van der Waals surface area contributed by atoms with Crippen LogP contribution in [0.25, 0.3) is 0 Å². The van der Waals surface area contributed by atoms with E-state index < -0.39 is 0 Å². The first-order valence-electron chi connectivity index (χ1n) is 6.06. The Kier molecular flexibility index (Phi) is 4.91. The number of benzene rings is 1. The summed E-state index contributed by atoms with van der Waals surface area (Å²) in [6.45, 7) is 0.752. The molecule has 2 aromatic rings. The first-order chi connectivity index (χ1) is 9.79. The molecule has 1 heterocycles. The average molecular weight is 273 g/mol. The number of aromatic nitrogens is 1. The molecule has 104 valence electrons. The lowest BCUT2D eigenvalue weighted by Gasteiger charge is -2.09. The highest BCUT2D eigenvalue weighted by molar-refractivity contribution is 5.94. The van der Waals surface area contributed by atoms with Gasteiger partial charge in [-0.2, -0.15) is 0 Å². The third-order valence-corrected chi connectivity index (χ3v) is 2.48. The van der Waals surface area contributed by atoms with E-state index in [2.05, 4.69) is 10.4 Å². The van der Waals surface area contributed by atoms with Crippen LogP contribution >= 0.6 is 0 Å². The minimum absolute atomic E-state index is 0.359. The van der Waals surface area contributed by atoms with Crippen molar-refractivity contribution in [2.45, 2.75) is 0 Å². The van der Waals surface area contributed by atoms with Crippen molar-refractivity contribution in [2.75, 3.05) is 13.2 Å². The maximum Gasteiger partial charge on any atom is 0.265 e. The van der Waals surface area contributed by atoms with Gasteiger partial charge in [0, 0.05) is 11.8 Å². The van der Waals surface area contributed by atoms with Crippen molar-refractivity contribution < 1.29 is 14.3 Å². The molecule has 0 aliphatic carbocycles. The number of nitrogen functional groups attached to an aromatic ring is 1. The van der Waals surface area contributed by atoms with Crippen molar-refractivity contribution in [1.29, 1.82) is 0 Å². The standard InChI is InChI=1S/C14H15N3O3/c15-17-14(18)11-3-1-4-12(9-11)19-7-8-20-13-5-2-6-16-10-13/h1-6,9-10H,7-8,15H2,(H,17,18). The molecule has 0 aliphatic heterocycles. The molecular formula is C14H15N3O3. The van der Waals surface area contributed by atoms with Crippen molar-refractivity contribution in [1.82, 2.24) is 10.4 Å². The molecule has 0 atom stereocenters. The Morgan fingerprint density at radius 3 is 2.60 bits per heavy atom. The Labute approximate surface area is 116 Å². The van der Waals surface area contributed by atoms with Crippen LogP contribution in [-0.2, 0) is 0 Å². The lowest BCUT2D eigenvalue weighted by molar-refractivity contribution is 0.0953. The molecule has 1 aromatic heterocycles.